The number of halogens is 1. The molecule has 0 atom stereocenters. The Morgan fingerprint density at radius 3 is 2.67 bits per heavy atom. The molecule has 0 radical (unpaired) electrons. The van der Waals surface area contributed by atoms with Crippen LogP contribution in [-0.2, 0) is 6.42 Å². The van der Waals surface area contributed by atoms with E-state index in [0.29, 0.717) is 0 Å². The van der Waals surface area contributed by atoms with Crippen LogP contribution in [0, 0.1) is 5.82 Å². The first-order valence-electron chi connectivity index (χ1n) is 4.19. The quantitative estimate of drug-likeness (QED) is 0.648. The smallest absolute Gasteiger partial charge is 0.127 e. The van der Waals surface area contributed by atoms with Gasteiger partial charge in [0.2, 0.25) is 0 Å². The highest BCUT2D eigenvalue weighted by Gasteiger charge is 2.04. The third-order valence-corrected chi connectivity index (χ3v) is 2.71. The van der Waals surface area contributed by atoms with E-state index in [2.05, 4.69) is 6.92 Å². The summed E-state index contributed by atoms with van der Waals surface area (Å²) < 4.78 is 13.2. The van der Waals surface area contributed by atoms with E-state index in [1.54, 1.807) is 17.8 Å². The average molecular weight is 184 g/mol. The molecule has 1 aromatic rings. The molecule has 0 aliphatic heterocycles. The highest BCUT2D eigenvalue weighted by Crippen LogP contribution is 2.24. The fraction of sp³-hybridized carbons (Fsp3) is 0.400. The van der Waals surface area contributed by atoms with Gasteiger partial charge < -0.3 is 0 Å². The van der Waals surface area contributed by atoms with Crippen LogP contribution in [0.2, 0.25) is 0 Å². The molecular formula is C10H13FS. The summed E-state index contributed by atoms with van der Waals surface area (Å²) in [6.45, 7) is 4.06. The lowest BCUT2D eigenvalue weighted by Crippen LogP contribution is -1.90. The SMILES string of the molecule is CCSc1cccc(F)c1CC. The molecule has 0 aromatic heterocycles. The van der Waals surface area contributed by atoms with Gasteiger partial charge in [0.15, 0.2) is 0 Å². The summed E-state index contributed by atoms with van der Waals surface area (Å²) in [6, 6.07) is 5.28. The molecule has 0 fully saturated rings. The van der Waals surface area contributed by atoms with Gasteiger partial charge >= 0.3 is 0 Å². The van der Waals surface area contributed by atoms with Crippen LogP contribution >= 0.6 is 11.8 Å². The van der Waals surface area contributed by atoms with E-state index in [9.17, 15) is 4.39 Å². The highest BCUT2D eigenvalue weighted by molar-refractivity contribution is 7.99. The van der Waals surface area contributed by atoms with Gasteiger partial charge in [0, 0.05) is 10.5 Å². The minimum atomic E-state index is -0.0732. The maximum atomic E-state index is 13.2. The van der Waals surface area contributed by atoms with Crippen molar-refractivity contribution in [3.05, 3.63) is 29.6 Å². The second kappa shape index (κ2) is 4.51. The predicted molar refractivity (Wildman–Crippen MR) is 52.2 cm³/mol. The van der Waals surface area contributed by atoms with Gasteiger partial charge in [-0.05, 0) is 24.3 Å². The van der Waals surface area contributed by atoms with E-state index >= 15 is 0 Å². The lowest BCUT2D eigenvalue weighted by atomic mass is 10.1. The van der Waals surface area contributed by atoms with Crippen molar-refractivity contribution in [3.63, 3.8) is 0 Å². The number of rotatable bonds is 3. The van der Waals surface area contributed by atoms with Crippen LogP contribution in [-0.4, -0.2) is 5.75 Å². The molecule has 0 spiro atoms. The molecule has 66 valence electrons. The molecule has 0 amide bonds. The van der Waals surface area contributed by atoms with Gasteiger partial charge in [0.1, 0.15) is 5.82 Å². The Morgan fingerprint density at radius 2 is 2.08 bits per heavy atom. The lowest BCUT2D eigenvalue weighted by molar-refractivity contribution is 0.606. The van der Waals surface area contributed by atoms with Crippen molar-refractivity contribution in [3.8, 4) is 0 Å². The van der Waals surface area contributed by atoms with Gasteiger partial charge in [0.25, 0.3) is 0 Å². The van der Waals surface area contributed by atoms with Gasteiger partial charge in [-0.2, -0.15) is 0 Å². The topological polar surface area (TPSA) is 0 Å². The zero-order chi connectivity index (χ0) is 8.97. The first-order chi connectivity index (χ1) is 5.79. The molecule has 0 N–H and O–H groups in total. The Labute approximate surface area is 77.2 Å². The second-order valence-electron chi connectivity index (χ2n) is 2.50. The summed E-state index contributed by atoms with van der Waals surface area (Å²) in [5.74, 6) is 0.923. The fourth-order valence-electron chi connectivity index (χ4n) is 1.17. The van der Waals surface area contributed by atoms with E-state index in [-0.39, 0.29) is 5.82 Å². The van der Waals surface area contributed by atoms with Gasteiger partial charge in [-0.3, -0.25) is 0 Å². The van der Waals surface area contributed by atoms with E-state index < -0.39 is 0 Å². The fourth-order valence-corrected chi connectivity index (χ4v) is 2.07. The van der Waals surface area contributed by atoms with E-state index in [1.165, 1.54) is 6.07 Å². The van der Waals surface area contributed by atoms with Crippen LogP contribution < -0.4 is 0 Å². The number of thioether (sulfide) groups is 1. The van der Waals surface area contributed by atoms with Crippen molar-refractivity contribution in [2.45, 2.75) is 25.2 Å². The van der Waals surface area contributed by atoms with Gasteiger partial charge in [0.05, 0.1) is 0 Å². The maximum Gasteiger partial charge on any atom is 0.127 e. The van der Waals surface area contributed by atoms with Crippen molar-refractivity contribution in [2.75, 3.05) is 5.75 Å². The highest BCUT2D eigenvalue weighted by atomic mass is 32.2. The normalized spacial score (nSPS) is 10.2. The minimum Gasteiger partial charge on any atom is -0.207 e. The van der Waals surface area contributed by atoms with Crippen LogP contribution in [0.4, 0.5) is 4.39 Å². The second-order valence-corrected chi connectivity index (χ2v) is 3.81. The largest absolute Gasteiger partial charge is 0.207 e. The Morgan fingerprint density at radius 1 is 1.33 bits per heavy atom. The zero-order valence-corrected chi connectivity index (χ0v) is 8.25. The molecule has 0 unspecified atom stereocenters. The first kappa shape index (κ1) is 9.59. The third kappa shape index (κ3) is 2.01. The molecule has 1 rings (SSSR count). The van der Waals surface area contributed by atoms with Crippen molar-refractivity contribution in [1.29, 1.82) is 0 Å². The van der Waals surface area contributed by atoms with Gasteiger partial charge in [-0.1, -0.05) is 19.9 Å². The molecule has 2 heteroatoms. The molecule has 0 nitrogen and oxygen atoms in total. The summed E-state index contributed by atoms with van der Waals surface area (Å²) in [5.41, 5.74) is 0.851. The van der Waals surface area contributed by atoms with E-state index in [1.807, 2.05) is 13.0 Å². The Hall–Kier alpha value is -0.500. The summed E-state index contributed by atoms with van der Waals surface area (Å²) in [7, 11) is 0. The molecule has 1 aromatic carbocycles. The van der Waals surface area contributed by atoms with Crippen LogP contribution in [0.5, 0.6) is 0 Å². The van der Waals surface area contributed by atoms with Crippen LogP contribution in [0.15, 0.2) is 23.1 Å². The van der Waals surface area contributed by atoms with Crippen LogP contribution in [0.3, 0.4) is 0 Å². The standard InChI is InChI=1S/C10H13FS/c1-3-8-9(11)6-5-7-10(8)12-4-2/h5-7H,3-4H2,1-2H3. The molecule has 0 saturated carbocycles. The molecule has 12 heavy (non-hydrogen) atoms. The molecule has 0 saturated heterocycles. The van der Waals surface area contributed by atoms with Gasteiger partial charge in [-0.15, -0.1) is 11.8 Å². The number of hydrogen-bond acceptors (Lipinski definition) is 1. The Balaban J connectivity index is 3.00. The summed E-state index contributed by atoms with van der Waals surface area (Å²) >= 11 is 1.70. The number of benzene rings is 1. The Bertz CT molecular complexity index is 258. The minimum absolute atomic E-state index is 0.0732. The molecular weight excluding hydrogens is 171 g/mol. The molecule has 0 bridgehead atoms. The van der Waals surface area contributed by atoms with Crippen LogP contribution in [0.1, 0.15) is 19.4 Å². The van der Waals surface area contributed by atoms with Crippen molar-refractivity contribution >= 4 is 11.8 Å². The lowest BCUT2D eigenvalue weighted by Gasteiger charge is -2.06. The summed E-state index contributed by atoms with van der Waals surface area (Å²) in [5, 5.41) is 0. The van der Waals surface area contributed by atoms with Crippen molar-refractivity contribution in [2.24, 2.45) is 0 Å². The summed E-state index contributed by atoms with van der Waals surface area (Å²) in [6.07, 6.45) is 0.773. The molecule has 0 heterocycles. The third-order valence-electron chi connectivity index (χ3n) is 1.73. The molecule has 0 aliphatic carbocycles. The van der Waals surface area contributed by atoms with Crippen molar-refractivity contribution < 1.29 is 4.39 Å². The predicted octanol–water partition coefficient (Wildman–Crippen LogP) is 3.50. The first-order valence-corrected chi connectivity index (χ1v) is 5.18. The average Bonchev–Trinajstić information content (AvgIpc) is 2.05. The Kier molecular flexibility index (Phi) is 3.60. The van der Waals surface area contributed by atoms with Gasteiger partial charge in [-0.25, -0.2) is 4.39 Å². The van der Waals surface area contributed by atoms with Crippen LogP contribution in [0.25, 0.3) is 0 Å². The molecule has 0 aliphatic rings. The van der Waals surface area contributed by atoms with Crippen molar-refractivity contribution in [1.82, 2.24) is 0 Å². The summed E-state index contributed by atoms with van der Waals surface area (Å²) in [4.78, 5) is 1.08. The van der Waals surface area contributed by atoms with E-state index in [4.69, 9.17) is 0 Å². The van der Waals surface area contributed by atoms with E-state index in [0.717, 1.165) is 22.6 Å². The maximum absolute atomic E-state index is 13.2. The monoisotopic (exact) mass is 184 g/mol. The number of hydrogen-bond donors (Lipinski definition) is 0. The zero-order valence-electron chi connectivity index (χ0n) is 7.43.